The number of nitrogens with zero attached hydrogens (tertiary/aromatic N) is 3. The van der Waals surface area contributed by atoms with E-state index in [0.29, 0.717) is 26.7 Å². The minimum atomic E-state index is -0.456. The molecule has 0 fully saturated rings. The fraction of sp³-hybridized carbons (Fsp3) is 0. The van der Waals surface area contributed by atoms with E-state index in [-0.39, 0.29) is 5.69 Å². The summed E-state index contributed by atoms with van der Waals surface area (Å²) in [5.74, 6) is 0. The highest BCUT2D eigenvalue weighted by atomic mass is 32.1. The van der Waals surface area contributed by atoms with Gasteiger partial charge in [0.2, 0.25) is 5.13 Å². The van der Waals surface area contributed by atoms with Crippen molar-refractivity contribution in [3.63, 3.8) is 0 Å². The number of fused-ring (bicyclic) bond motifs is 3. The molecule has 156 valence electrons. The van der Waals surface area contributed by atoms with Gasteiger partial charge < -0.3 is 4.42 Å². The molecule has 0 spiro atoms. The van der Waals surface area contributed by atoms with Gasteiger partial charge in [-0.2, -0.15) is 5.10 Å². The zero-order valence-corrected chi connectivity index (χ0v) is 17.2. The van der Waals surface area contributed by atoms with Crippen molar-refractivity contribution < 1.29 is 9.34 Å². The van der Waals surface area contributed by atoms with Gasteiger partial charge in [0, 0.05) is 23.7 Å². The quantitative estimate of drug-likeness (QED) is 0.128. The molecule has 0 unspecified atom stereocenters. The number of nitro groups is 1. The number of hydrogen-bond acceptors (Lipinski definition) is 8. The summed E-state index contributed by atoms with van der Waals surface area (Å²) in [6, 6.07) is 19.5. The van der Waals surface area contributed by atoms with Gasteiger partial charge in [-0.15, -0.1) is 0 Å². The van der Waals surface area contributed by atoms with Crippen LogP contribution in [-0.4, -0.2) is 16.1 Å². The molecule has 0 bridgehead atoms. The second kappa shape index (κ2) is 8.05. The van der Waals surface area contributed by atoms with Gasteiger partial charge in [-0.1, -0.05) is 41.7 Å². The van der Waals surface area contributed by atoms with Crippen molar-refractivity contribution in [2.24, 2.45) is 5.10 Å². The molecule has 0 radical (unpaired) electrons. The molecular formula is C23H14N4O4S. The molecule has 1 N–H and O–H groups in total. The lowest BCUT2D eigenvalue weighted by atomic mass is 10.0. The average molecular weight is 442 g/mol. The van der Waals surface area contributed by atoms with Gasteiger partial charge >= 0.3 is 5.63 Å². The molecule has 0 saturated carbocycles. The number of benzene rings is 3. The molecule has 0 aliphatic heterocycles. The number of rotatable bonds is 5. The third-order valence-corrected chi connectivity index (χ3v) is 5.83. The van der Waals surface area contributed by atoms with Crippen LogP contribution in [0, 0.1) is 10.1 Å². The fourth-order valence-corrected chi connectivity index (χ4v) is 4.11. The summed E-state index contributed by atoms with van der Waals surface area (Å²) in [4.78, 5) is 27.7. The molecule has 0 amide bonds. The molecule has 5 rings (SSSR count). The normalized spacial score (nSPS) is 11.4. The first-order valence-corrected chi connectivity index (χ1v) is 10.4. The van der Waals surface area contributed by atoms with Gasteiger partial charge in [-0.05, 0) is 40.6 Å². The van der Waals surface area contributed by atoms with Gasteiger partial charge in [-0.25, -0.2) is 9.78 Å². The van der Waals surface area contributed by atoms with E-state index in [2.05, 4.69) is 15.5 Å². The Morgan fingerprint density at radius 3 is 2.69 bits per heavy atom. The molecule has 0 atom stereocenters. The molecular weight excluding hydrogens is 428 g/mol. The Balaban J connectivity index is 1.41. The van der Waals surface area contributed by atoms with Crippen molar-refractivity contribution in [3.05, 3.63) is 99.0 Å². The lowest BCUT2D eigenvalue weighted by Gasteiger charge is -2.04. The smallest absolute Gasteiger partial charge is 0.345 e. The van der Waals surface area contributed by atoms with E-state index in [1.807, 2.05) is 36.4 Å². The maximum Gasteiger partial charge on any atom is 0.345 e. The van der Waals surface area contributed by atoms with Crippen molar-refractivity contribution in [1.29, 1.82) is 0 Å². The summed E-state index contributed by atoms with van der Waals surface area (Å²) < 4.78 is 5.56. The van der Waals surface area contributed by atoms with Crippen LogP contribution in [0.4, 0.5) is 10.8 Å². The van der Waals surface area contributed by atoms with Crippen molar-refractivity contribution in [2.45, 2.75) is 0 Å². The van der Waals surface area contributed by atoms with E-state index in [1.165, 1.54) is 29.7 Å². The van der Waals surface area contributed by atoms with E-state index >= 15 is 0 Å². The molecule has 3 aromatic carbocycles. The number of thiazole rings is 1. The van der Waals surface area contributed by atoms with E-state index in [4.69, 9.17) is 4.42 Å². The monoisotopic (exact) mass is 442 g/mol. The predicted molar refractivity (Wildman–Crippen MR) is 125 cm³/mol. The second-order valence-corrected chi connectivity index (χ2v) is 7.92. The Bertz CT molecular complexity index is 1550. The highest BCUT2D eigenvalue weighted by molar-refractivity contribution is 7.18. The predicted octanol–water partition coefficient (Wildman–Crippen LogP) is 5.42. The lowest BCUT2D eigenvalue weighted by Crippen LogP contribution is -2.01. The van der Waals surface area contributed by atoms with Crippen LogP contribution in [0.1, 0.15) is 5.56 Å². The van der Waals surface area contributed by atoms with Crippen LogP contribution in [0.15, 0.2) is 87.2 Å². The van der Waals surface area contributed by atoms with E-state index < -0.39 is 10.5 Å². The SMILES string of the molecule is O=c1oc2ccc3ccccc3c2cc1-c1cnc(NN=Cc2ccc([N+](=O)[O-])cc2)s1. The molecule has 5 aromatic rings. The highest BCUT2D eigenvalue weighted by Crippen LogP contribution is 2.31. The van der Waals surface area contributed by atoms with Crippen molar-refractivity contribution in [3.8, 4) is 10.4 Å². The standard InChI is InChI=1S/C23H14N4O4S/c28-22-19(11-18-17-4-2-1-3-15(17)7-10-20(18)31-22)21-13-24-23(32-21)26-25-12-14-5-8-16(9-6-14)27(29)30/h1-13H,(H,24,26). The Morgan fingerprint density at radius 1 is 1.06 bits per heavy atom. The summed E-state index contributed by atoms with van der Waals surface area (Å²) in [5, 5.41) is 18.2. The molecule has 32 heavy (non-hydrogen) atoms. The molecule has 9 heteroatoms. The van der Waals surface area contributed by atoms with Gasteiger partial charge in [0.15, 0.2) is 0 Å². The second-order valence-electron chi connectivity index (χ2n) is 6.89. The molecule has 2 heterocycles. The first-order chi connectivity index (χ1) is 15.6. The highest BCUT2D eigenvalue weighted by Gasteiger charge is 2.13. The molecule has 0 saturated heterocycles. The average Bonchev–Trinajstić information content (AvgIpc) is 3.27. The molecule has 0 aliphatic rings. The Hall–Kier alpha value is -4.37. The van der Waals surface area contributed by atoms with Crippen LogP contribution in [0.5, 0.6) is 0 Å². The van der Waals surface area contributed by atoms with E-state index in [9.17, 15) is 14.9 Å². The Morgan fingerprint density at radius 2 is 1.88 bits per heavy atom. The largest absolute Gasteiger partial charge is 0.422 e. The van der Waals surface area contributed by atoms with Gasteiger partial charge in [0.25, 0.3) is 5.69 Å². The van der Waals surface area contributed by atoms with Crippen molar-refractivity contribution in [2.75, 3.05) is 5.43 Å². The number of non-ortho nitro benzene ring substituents is 1. The van der Waals surface area contributed by atoms with E-state index in [1.54, 1.807) is 24.4 Å². The third kappa shape index (κ3) is 3.72. The summed E-state index contributed by atoms with van der Waals surface area (Å²) in [6.45, 7) is 0. The minimum Gasteiger partial charge on any atom is -0.422 e. The maximum atomic E-state index is 12.6. The minimum absolute atomic E-state index is 0.0154. The number of nitrogens with one attached hydrogen (secondary N) is 1. The third-order valence-electron chi connectivity index (χ3n) is 4.89. The first kappa shape index (κ1) is 19.6. The van der Waals surface area contributed by atoms with Crippen LogP contribution < -0.4 is 11.1 Å². The zero-order valence-electron chi connectivity index (χ0n) is 16.4. The van der Waals surface area contributed by atoms with Crippen molar-refractivity contribution in [1.82, 2.24) is 4.98 Å². The van der Waals surface area contributed by atoms with Gasteiger partial charge in [0.05, 0.1) is 21.6 Å². The topological polar surface area (TPSA) is 111 Å². The maximum absolute atomic E-state index is 12.6. The summed E-state index contributed by atoms with van der Waals surface area (Å²) in [6.07, 6.45) is 3.12. The van der Waals surface area contributed by atoms with Crippen LogP contribution in [0.2, 0.25) is 0 Å². The number of aromatic nitrogens is 1. The molecule has 2 aromatic heterocycles. The van der Waals surface area contributed by atoms with Gasteiger partial charge in [-0.3, -0.25) is 15.5 Å². The number of nitro benzene ring substituents is 1. The summed E-state index contributed by atoms with van der Waals surface area (Å²) >= 11 is 1.27. The number of anilines is 1. The van der Waals surface area contributed by atoms with Crippen LogP contribution >= 0.6 is 11.3 Å². The lowest BCUT2D eigenvalue weighted by molar-refractivity contribution is -0.384. The van der Waals surface area contributed by atoms with E-state index in [0.717, 1.165) is 16.2 Å². The summed E-state index contributed by atoms with van der Waals surface area (Å²) in [5.41, 5.74) is 4.06. The zero-order chi connectivity index (χ0) is 22.1. The number of hydrazone groups is 1. The Labute approximate surface area is 184 Å². The van der Waals surface area contributed by atoms with Crippen LogP contribution in [-0.2, 0) is 0 Å². The van der Waals surface area contributed by atoms with Crippen LogP contribution in [0.25, 0.3) is 32.2 Å². The van der Waals surface area contributed by atoms with Crippen LogP contribution in [0.3, 0.4) is 0 Å². The fourth-order valence-electron chi connectivity index (χ4n) is 3.34. The number of hydrogen-bond donors (Lipinski definition) is 1. The Kier molecular flexibility index (Phi) is 4.92. The summed E-state index contributed by atoms with van der Waals surface area (Å²) in [7, 11) is 0. The molecule has 0 aliphatic carbocycles. The molecule has 8 nitrogen and oxygen atoms in total. The first-order valence-electron chi connectivity index (χ1n) is 9.54. The van der Waals surface area contributed by atoms with Crippen molar-refractivity contribution >= 4 is 50.1 Å². The van der Waals surface area contributed by atoms with Gasteiger partial charge in [0.1, 0.15) is 5.58 Å².